The van der Waals surface area contributed by atoms with E-state index in [9.17, 15) is 9.59 Å². The Bertz CT molecular complexity index is 658. The van der Waals surface area contributed by atoms with Crippen molar-refractivity contribution in [2.75, 3.05) is 7.11 Å². The molecule has 22 heavy (non-hydrogen) atoms. The van der Waals surface area contributed by atoms with Gasteiger partial charge in [-0.15, -0.1) is 0 Å². The van der Waals surface area contributed by atoms with Gasteiger partial charge in [0, 0.05) is 19.4 Å². The Labute approximate surface area is 128 Å². The third-order valence-electron chi connectivity index (χ3n) is 3.41. The summed E-state index contributed by atoms with van der Waals surface area (Å²) in [5, 5.41) is 6.85. The molecule has 0 aliphatic heterocycles. The molecule has 0 saturated heterocycles. The average molecular weight is 304 g/mol. The normalized spacial score (nSPS) is 12.2. The predicted molar refractivity (Wildman–Crippen MR) is 80.6 cm³/mol. The Balaban J connectivity index is 2.29. The Kier molecular flexibility index (Phi) is 4.65. The minimum absolute atomic E-state index is 0.0805. The summed E-state index contributed by atoms with van der Waals surface area (Å²) >= 11 is 0. The number of carbonyl (C=O) groups excluding carboxylic acids is 2. The summed E-state index contributed by atoms with van der Waals surface area (Å²) in [5.41, 5.74) is 0.397. The van der Waals surface area contributed by atoms with Crippen molar-refractivity contribution in [3.05, 3.63) is 36.3 Å². The van der Waals surface area contributed by atoms with Gasteiger partial charge < -0.3 is 14.6 Å². The molecule has 1 amide bonds. The van der Waals surface area contributed by atoms with Crippen molar-refractivity contribution >= 4 is 11.9 Å². The number of nitrogens with zero attached hydrogens (tertiary/aromatic N) is 3. The first-order valence-corrected chi connectivity index (χ1v) is 6.99. The maximum Gasteiger partial charge on any atom is 0.328 e. The zero-order valence-electron chi connectivity index (χ0n) is 13.1. The lowest BCUT2D eigenvalue weighted by Gasteiger charge is -2.19. The Morgan fingerprint density at radius 2 is 1.91 bits per heavy atom. The Morgan fingerprint density at radius 3 is 2.45 bits per heavy atom. The molecule has 1 N–H and O–H groups in total. The van der Waals surface area contributed by atoms with Crippen LogP contribution in [-0.2, 0) is 16.6 Å². The van der Waals surface area contributed by atoms with Crippen LogP contribution in [0.25, 0.3) is 5.82 Å². The van der Waals surface area contributed by atoms with Crippen LogP contribution in [-0.4, -0.2) is 39.4 Å². The van der Waals surface area contributed by atoms with Crippen molar-refractivity contribution in [2.24, 2.45) is 13.0 Å². The molecule has 0 unspecified atom stereocenters. The van der Waals surface area contributed by atoms with E-state index in [0.29, 0.717) is 11.4 Å². The molecule has 1 atom stereocenters. The Morgan fingerprint density at radius 1 is 1.27 bits per heavy atom. The Hall–Kier alpha value is -2.57. The summed E-state index contributed by atoms with van der Waals surface area (Å²) in [6, 6.07) is 3.02. The summed E-state index contributed by atoms with van der Waals surface area (Å²) in [4.78, 5) is 24.3. The molecule has 0 fully saturated rings. The van der Waals surface area contributed by atoms with Crippen LogP contribution in [0.5, 0.6) is 0 Å². The molecule has 2 aromatic rings. The highest BCUT2D eigenvalue weighted by molar-refractivity contribution is 5.99. The van der Waals surface area contributed by atoms with E-state index in [1.165, 1.54) is 13.3 Å². The minimum atomic E-state index is -0.699. The molecule has 2 heterocycles. The highest BCUT2D eigenvalue weighted by Gasteiger charge is 2.27. The third kappa shape index (κ3) is 3.03. The van der Waals surface area contributed by atoms with Gasteiger partial charge in [-0.2, -0.15) is 5.10 Å². The predicted octanol–water partition coefficient (Wildman–Crippen LogP) is 1.14. The lowest BCUT2D eigenvalue weighted by Crippen LogP contribution is -2.45. The molecule has 0 radical (unpaired) electrons. The van der Waals surface area contributed by atoms with Crippen molar-refractivity contribution in [3.63, 3.8) is 0 Å². The fourth-order valence-corrected chi connectivity index (χ4v) is 2.22. The number of hydrogen-bond acceptors (Lipinski definition) is 4. The SMILES string of the molecule is COC(=O)[C@H](NC(=O)c1cnn(C)c1-n1cccc1)C(C)C. The van der Waals surface area contributed by atoms with Gasteiger partial charge in [0.25, 0.3) is 5.91 Å². The van der Waals surface area contributed by atoms with E-state index >= 15 is 0 Å². The van der Waals surface area contributed by atoms with Crippen LogP contribution in [0.3, 0.4) is 0 Å². The summed E-state index contributed by atoms with van der Waals surface area (Å²) in [6.07, 6.45) is 5.14. The number of rotatable bonds is 5. The molecule has 7 nitrogen and oxygen atoms in total. The molecule has 2 aromatic heterocycles. The van der Waals surface area contributed by atoms with Gasteiger partial charge in [-0.3, -0.25) is 9.48 Å². The average Bonchev–Trinajstić information content (AvgIpc) is 3.12. The molecular formula is C15H20N4O3. The van der Waals surface area contributed by atoms with E-state index in [0.717, 1.165) is 0 Å². The molecule has 7 heteroatoms. The topological polar surface area (TPSA) is 78.2 Å². The van der Waals surface area contributed by atoms with E-state index in [2.05, 4.69) is 10.4 Å². The number of aryl methyl sites for hydroxylation is 1. The van der Waals surface area contributed by atoms with Crippen LogP contribution in [0.4, 0.5) is 0 Å². The first-order chi connectivity index (χ1) is 10.5. The molecule has 2 rings (SSSR count). The van der Waals surface area contributed by atoms with Crippen molar-refractivity contribution in [1.29, 1.82) is 0 Å². The van der Waals surface area contributed by atoms with Crippen LogP contribution >= 0.6 is 0 Å². The van der Waals surface area contributed by atoms with E-state index < -0.39 is 12.0 Å². The van der Waals surface area contributed by atoms with Gasteiger partial charge in [-0.05, 0) is 18.1 Å². The summed E-state index contributed by atoms with van der Waals surface area (Å²) in [5.74, 6) is -0.270. The molecule has 0 aliphatic rings. The second kappa shape index (κ2) is 6.46. The first kappa shape index (κ1) is 15.8. The quantitative estimate of drug-likeness (QED) is 0.840. The maximum atomic E-state index is 12.5. The van der Waals surface area contributed by atoms with Crippen molar-refractivity contribution in [3.8, 4) is 5.82 Å². The van der Waals surface area contributed by atoms with Crippen molar-refractivity contribution in [1.82, 2.24) is 19.7 Å². The van der Waals surface area contributed by atoms with Crippen LogP contribution < -0.4 is 5.32 Å². The van der Waals surface area contributed by atoms with Crippen LogP contribution in [0.15, 0.2) is 30.7 Å². The molecule has 0 spiro atoms. The smallest absolute Gasteiger partial charge is 0.328 e. The number of hydrogen-bond donors (Lipinski definition) is 1. The summed E-state index contributed by atoms with van der Waals surface area (Å²) in [7, 11) is 3.06. The highest BCUT2D eigenvalue weighted by atomic mass is 16.5. The van der Waals surface area contributed by atoms with Gasteiger partial charge in [0.05, 0.1) is 13.3 Å². The first-order valence-electron chi connectivity index (χ1n) is 6.99. The number of ether oxygens (including phenoxy) is 1. The molecule has 0 aliphatic carbocycles. The maximum absolute atomic E-state index is 12.5. The number of nitrogens with one attached hydrogen (secondary N) is 1. The van der Waals surface area contributed by atoms with Gasteiger partial charge in [0.1, 0.15) is 17.4 Å². The third-order valence-corrected chi connectivity index (χ3v) is 3.41. The lowest BCUT2D eigenvalue weighted by atomic mass is 10.0. The number of esters is 1. The van der Waals surface area contributed by atoms with Gasteiger partial charge in [-0.25, -0.2) is 4.79 Å². The van der Waals surface area contributed by atoms with Crippen LogP contribution in [0.2, 0.25) is 0 Å². The molecule has 0 aromatic carbocycles. The molecular weight excluding hydrogens is 284 g/mol. The van der Waals surface area contributed by atoms with E-state index in [1.807, 2.05) is 38.4 Å². The second-order valence-electron chi connectivity index (χ2n) is 5.31. The van der Waals surface area contributed by atoms with Crippen molar-refractivity contribution in [2.45, 2.75) is 19.9 Å². The highest BCUT2D eigenvalue weighted by Crippen LogP contribution is 2.15. The van der Waals surface area contributed by atoms with E-state index in [4.69, 9.17) is 4.74 Å². The second-order valence-corrected chi connectivity index (χ2v) is 5.31. The van der Waals surface area contributed by atoms with E-state index in [1.54, 1.807) is 16.3 Å². The lowest BCUT2D eigenvalue weighted by molar-refractivity contribution is -0.144. The number of aromatic nitrogens is 3. The number of methoxy groups -OCH3 is 1. The molecule has 0 bridgehead atoms. The summed E-state index contributed by atoms with van der Waals surface area (Å²) in [6.45, 7) is 3.69. The largest absolute Gasteiger partial charge is 0.467 e. The minimum Gasteiger partial charge on any atom is -0.467 e. The molecule has 0 saturated carbocycles. The zero-order chi connectivity index (χ0) is 16.3. The fraction of sp³-hybridized carbons (Fsp3) is 0.400. The van der Waals surface area contributed by atoms with Gasteiger partial charge in [0.15, 0.2) is 0 Å². The standard InChI is InChI=1S/C15H20N4O3/c1-10(2)12(15(21)22-4)17-13(20)11-9-16-18(3)14(11)19-7-5-6-8-19/h5-10,12H,1-4H3,(H,17,20)/t12-/m1/s1. The van der Waals surface area contributed by atoms with Crippen LogP contribution in [0.1, 0.15) is 24.2 Å². The van der Waals surface area contributed by atoms with Gasteiger partial charge in [-0.1, -0.05) is 13.8 Å². The summed E-state index contributed by atoms with van der Waals surface area (Å²) < 4.78 is 8.14. The van der Waals surface area contributed by atoms with E-state index in [-0.39, 0.29) is 11.8 Å². The number of carbonyl (C=O) groups is 2. The zero-order valence-corrected chi connectivity index (χ0v) is 13.1. The number of amides is 1. The van der Waals surface area contributed by atoms with Crippen LogP contribution in [0, 0.1) is 5.92 Å². The van der Waals surface area contributed by atoms with Gasteiger partial charge in [0.2, 0.25) is 0 Å². The van der Waals surface area contributed by atoms with Crippen molar-refractivity contribution < 1.29 is 14.3 Å². The van der Waals surface area contributed by atoms with Gasteiger partial charge >= 0.3 is 5.97 Å². The monoisotopic (exact) mass is 304 g/mol. The molecule has 118 valence electrons. The fourth-order valence-electron chi connectivity index (χ4n) is 2.22.